The van der Waals surface area contributed by atoms with Gasteiger partial charge in [0, 0.05) is 83.2 Å². The summed E-state index contributed by atoms with van der Waals surface area (Å²) in [6.07, 6.45) is 2.37. The van der Waals surface area contributed by atoms with Crippen LogP contribution >= 0.6 is 23.1 Å². The molecule has 6 N–H and O–H groups in total. The molecular weight excluding hydrogens is 1430 g/mol. The number of likely N-dealkylation sites (N-methyl/N-ethyl adjacent to an activating group) is 1. The number of carbonyl (C=O) groups excluding carboxylic acids is 9. The van der Waals surface area contributed by atoms with Crippen molar-refractivity contribution in [2.24, 2.45) is 23.7 Å². The first kappa shape index (κ1) is 94.9. The number of aromatic nitrogens is 1. The Kier molecular flexibility index (Phi) is 47.4. The number of Topliss-reactive ketones (excluding diaryl/α,β-unsaturated/α-hetero) is 1. The number of phenolic OH excluding ortho intramolecular Hbond substituents is 1. The molecule has 1 fully saturated rings. The third kappa shape index (κ3) is 37.3. The number of carbonyl (C=O) groups is 10. The quantitative estimate of drug-likeness (QED) is 0.0205. The average Bonchev–Trinajstić information content (AvgIpc) is 1.55. The lowest BCUT2D eigenvalue weighted by Gasteiger charge is -2.38. The normalized spacial score (nSPS) is 15.2. The number of ether oxygens (including phenoxy) is 11. The highest BCUT2D eigenvalue weighted by Gasteiger charge is 2.40. The van der Waals surface area contributed by atoms with Gasteiger partial charge in [-0.25, -0.2) is 4.98 Å². The summed E-state index contributed by atoms with van der Waals surface area (Å²) in [7, 11) is 6.95. The molecule has 31 nitrogen and oxygen atoms in total. The summed E-state index contributed by atoms with van der Waals surface area (Å²) in [4.78, 5) is 142. The molecule has 1 saturated heterocycles. The first-order chi connectivity index (χ1) is 51.1. The predicted molar refractivity (Wildman–Crippen MR) is 402 cm³/mol. The fraction of sp³-hybridized carbons (Fsp3) is 0.743. The number of carboxylic acid groups (broad SMARTS) is 1. The van der Waals surface area contributed by atoms with E-state index in [1.165, 1.54) is 43.1 Å². The zero-order valence-electron chi connectivity index (χ0n) is 65.2. The van der Waals surface area contributed by atoms with E-state index in [-0.39, 0.29) is 148 Å². The third-order valence-corrected chi connectivity index (χ3v) is 20.1. The van der Waals surface area contributed by atoms with Crippen molar-refractivity contribution in [1.29, 1.82) is 0 Å². The van der Waals surface area contributed by atoms with E-state index in [2.05, 4.69) is 26.3 Å². The Bertz CT molecular complexity index is 3000. The molecule has 7 amide bonds. The van der Waals surface area contributed by atoms with E-state index in [0.29, 0.717) is 131 Å². The number of ketones is 1. The summed E-state index contributed by atoms with van der Waals surface area (Å²) in [5.74, 6) is -7.17. The number of thiazole rings is 1. The number of unbranched alkanes of at least 4 members (excludes halogenated alkanes) is 1. The van der Waals surface area contributed by atoms with Crippen LogP contribution in [0.25, 0.3) is 0 Å². The summed E-state index contributed by atoms with van der Waals surface area (Å²) in [5.41, 5.74) is -0.451. The molecule has 8 atom stereocenters. The van der Waals surface area contributed by atoms with Crippen LogP contribution in [-0.4, -0.2) is 291 Å². The summed E-state index contributed by atoms with van der Waals surface area (Å²) in [6, 6.07) is 1.81. The number of aliphatic carboxylic acids is 1. The van der Waals surface area contributed by atoms with Crippen molar-refractivity contribution in [2.45, 2.75) is 161 Å². The number of benzene rings is 1. The number of hydrogen-bond donors (Lipinski definition) is 6. The largest absolute Gasteiger partial charge is 0.506 e. The van der Waals surface area contributed by atoms with Crippen molar-refractivity contribution in [3.05, 3.63) is 39.8 Å². The zero-order valence-corrected chi connectivity index (χ0v) is 66.8. The second kappa shape index (κ2) is 53.5. The SMILES string of the molecule is CC[C@H](C)[C@H](CC(=O)C(C)(C)N(C)C)C(=O)N(C)[C@H](C[C@@H](OC(C)=O)c1nc(C(=O)N[C@@H](Cc2ccc(O)c(NC(=O)[C@H](CCCCNC(=O)COCCOCCOCCOCCOCCOCCOCCOCCOCCOC)NC(=O)CCCN3C(=O)CC(SC)C3=O)c2)CC(C)C(=O)O)cs1)C(C)C. The number of esters is 1. The van der Waals surface area contributed by atoms with Crippen LogP contribution in [0.1, 0.15) is 147 Å². The van der Waals surface area contributed by atoms with Crippen molar-refractivity contribution >= 4 is 87.9 Å². The molecule has 608 valence electrons. The van der Waals surface area contributed by atoms with Crippen LogP contribution in [0.2, 0.25) is 0 Å². The highest BCUT2D eigenvalue weighted by atomic mass is 32.2. The summed E-state index contributed by atoms with van der Waals surface area (Å²) in [6.45, 7) is 21.7. The van der Waals surface area contributed by atoms with Crippen LogP contribution in [0.5, 0.6) is 5.75 Å². The van der Waals surface area contributed by atoms with Gasteiger partial charge in [-0.1, -0.05) is 47.1 Å². The van der Waals surface area contributed by atoms with Gasteiger partial charge in [-0.05, 0) is 102 Å². The van der Waals surface area contributed by atoms with Crippen LogP contribution in [-0.2, 0) is 102 Å². The molecule has 0 spiro atoms. The molecule has 0 bridgehead atoms. The molecular formula is C74H122N8O23S2. The van der Waals surface area contributed by atoms with Crippen LogP contribution < -0.4 is 21.3 Å². The third-order valence-electron chi connectivity index (χ3n) is 18.3. The van der Waals surface area contributed by atoms with Gasteiger partial charge in [-0.2, -0.15) is 11.8 Å². The van der Waals surface area contributed by atoms with Gasteiger partial charge in [0.25, 0.3) is 5.91 Å². The first-order valence-corrected chi connectivity index (χ1v) is 39.1. The fourth-order valence-corrected chi connectivity index (χ4v) is 12.6. The summed E-state index contributed by atoms with van der Waals surface area (Å²) < 4.78 is 60.0. The molecule has 107 heavy (non-hydrogen) atoms. The molecule has 2 aromatic rings. The number of amides is 7. The maximum absolute atomic E-state index is 14.5. The van der Waals surface area contributed by atoms with E-state index < -0.39 is 76.5 Å². The number of anilines is 1. The van der Waals surface area contributed by atoms with Gasteiger partial charge >= 0.3 is 11.9 Å². The maximum Gasteiger partial charge on any atom is 0.306 e. The minimum Gasteiger partial charge on any atom is -0.506 e. The van der Waals surface area contributed by atoms with E-state index in [4.69, 9.17) is 52.1 Å². The molecule has 2 unspecified atom stereocenters. The van der Waals surface area contributed by atoms with Gasteiger partial charge in [-0.3, -0.25) is 57.7 Å². The molecule has 3 rings (SSSR count). The number of thioether (sulfide) groups is 1. The average molecular weight is 1560 g/mol. The van der Waals surface area contributed by atoms with Crippen LogP contribution in [0.3, 0.4) is 0 Å². The van der Waals surface area contributed by atoms with E-state index in [1.54, 1.807) is 31.4 Å². The Morgan fingerprint density at radius 1 is 0.748 bits per heavy atom. The molecule has 0 radical (unpaired) electrons. The standard InChI is InChI=1S/C74H122N8O23S2/c1-14-51(4)56(45-64(85)74(7,8)80(9)10)71(91)81(11)60(50(2)3)46-62(105-53(6)83)70-79-59(49-107-70)69(90)76-55(42-52(5)73(93)94)43-54-20-21-61(84)58(44-54)78-68(89)57(77-65(86)19-17-23-82-67(88)47-63(106-13)72(82)92)18-15-16-22-75-66(87)48-104-41-40-103-39-38-102-37-36-101-35-34-100-33-32-99-31-30-98-29-28-97-27-26-96-25-24-95-12/h20-21,44,49-52,55-57,60,62-63,84H,14-19,22-43,45-48H2,1-13H3,(H,75,87)(H,76,90)(H,77,86)(H,78,89)(H,93,94)/t51-,52?,55+,56-,57-,60+,62+,63?/m0/s1. The van der Waals surface area contributed by atoms with Gasteiger partial charge < -0.3 is 88.5 Å². The lowest BCUT2D eigenvalue weighted by Crippen LogP contribution is -2.50. The second-order valence-corrected chi connectivity index (χ2v) is 29.2. The molecule has 1 aliphatic rings. The molecule has 1 aliphatic heterocycles. The van der Waals surface area contributed by atoms with Crippen molar-refractivity contribution in [3.63, 3.8) is 0 Å². The van der Waals surface area contributed by atoms with Crippen molar-refractivity contribution < 1.29 is 110 Å². The fourth-order valence-electron chi connectivity index (χ4n) is 11.1. The molecule has 2 heterocycles. The Balaban J connectivity index is 1.56. The first-order valence-electron chi connectivity index (χ1n) is 36.9. The van der Waals surface area contributed by atoms with Gasteiger partial charge in [0.1, 0.15) is 29.1 Å². The molecule has 0 saturated carbocycles. The Labute approximate surface area is 639 Å². The number of likely N-dealkylation sites (tertiary alicyclic amines) is 1. The molecule has 0 aliphatic carbocycles. The van der Waals surface area contributed by atoms with Gasteiger partial charge in [0.15, 0.2) is 11.9 Å². The predicted octanol–water partition coefficient (Wildman–Crippen LogP) is 5.52. The monoisotopic (exact) mass is 1550 g/mol. The highest BCUT2D eigenvalue weighted by molar-refractivity contribution is 8.00. The van der Waals surface area contributed by atoms with E-state index >= 15 is 0 Å². The number of rotatable bonds is 62. The molecule has 33 heteroatoms. The van der Waals surface area contributed by atoms with E-state index in [0.717, 1.165) is 16.2 Å². The van der Waals surface area contributed by atoms with Crippen LogP contribution in [0, 0.1) is 23.7 Å². The minimum absolute atomic E-state index is 0.00504. The number of phenols is 1. The Morgan fingerprint density at radius 2 is 1.30 bits per heavy atom. The van der Waals surface area contributed by atoms with Crippen molar-refractivity contribution in [2.75, 3.05) is 178 Å². The lowest BCUT2D eigenvalue weighted by molar-refractivity contribution is -0.150. The number of carboxylic acids is 1. The molecule has 1 aromatic heterocycles. The topological polar surface area (TPSA) is 383 Å². The number of methoxy groups -OCH3 is 1. The van der Waals surface area contributed by atoms with Gasteiger partial charge in [-0.15, -0.1) is 11.3 Å². The second-order valence-electron chi connectivity index (χ2n) is 27.3. The number of imide groups is 1. The molecule has 1 aromatic carbocycles. The smallest absolute Gasteiger partial charge is 0.306 e. The number of aromatic hydroxyl groups is 1. The van der Waals surface area contributed by atoms with E-state index in [9.17, 15) is 58.2 Å². The van der Waals surface area contributed by atoms with E-state index in [1.807, 2.05) is 60.5 Å². The van der Waals surface area contributed by atoms with Crippen molar-refractivity contribution in [3.8, 4) is 5.75 Å². The summed E-state index contributed by atoms with van der Waals surface area (Å²) >= 11 is 2.34. The highest BCUT2D eigenvalue weighted by Crippen LogP contribution is 2.34. The van der Waals surface area contributed by atoms with Crippen molar-refractivity contribution in [1.82, 2.24) is 35.6 Å². The van der Waals surface area contributed by atoms with Crippen LogP contribution in [0.15, 0.2) is 23.6 Å². The number of nitrogens with one attached hydrogen (secondary N) is 4. The zero-order chi connectivity index (χ0) is 79.3. The summed E-state index contributed by atoms with van der Waals surface area (Å²) in [5, 5.41) is 33.6. The minimum atomic E-state index is -1.17. The number of nitrogens with zero attached hydrogens (tertiary/aromatic N) is 4. The van der Waals surface area contributed by atoms with Gasteiger partial charge in [0.05, 0.1) is 141 Å². The van der Waals surface area contributed by atoms with Gasteiger partial charge in [0.2, 0.25) is 35.4 Å². The maximum atomic E-state index is 14.5. The Morgan fingerprint density at radius 3 is 1.79 bits per heavy atom. The lowest BCUT2D eigenvalue weighted by atomic mass is 9.81. The van der Waals surface area contributed by atoms with Crippen LogP contribution in [0.4, 0.5) is 5.69 Å². The number of hydrogen-bond acceptors (Lipinski definition) is 26. The Hall–Kier alpha value is -6.34.